The second kappa shape index (κ2) is 7.13. The molecule has 5 nitrogen and oxygen atoms in total. The van der Waals surface area contributed by atoms with Gasteiger partial charge in [0.05, 0.1) is 33.9 Å². The predicted molar refractivity (Wildman–Crippen MR) is 94.3 cm³/mol. The molecule has 0 saturated heterocycles. The summed E-state index contributed by atoms with van der Waals surface area (Å²) in [5.74, 6) is 0.858. The van der Waals surface area contributed by atoms with Crippen molar-refractivity contribution in [3.8, 4) is 28.2 Å². The van der Waals surface area contributed by atoms with Gasteiger partial charge in [-0.25, -0.2) is 4.79 Å². The number of benzene rings is 1. The molecule has 0 amide bonds. The van der Waals surface area contributed by atoms with Crippen molar-refractivity contribution in [2.45, 2.75) is 0 Å². The van der Waals surface area contributed by atoms with Crippen molar-refractivity contribution in [3.63, 3.8) is 0 Å². The van der Waals surface area contributed by atoms with Crippen LogP contribution in [-0.2, 0) is 14.3 Å². The highest BCUT2D eigenvalue weighted by Crippen LogP contribution is 2.42. The average molecular weight is 338 g/mol. The minimum atomic E-state index is -0.497. The van der Waals surface area contributed by atoms with Crippen molar-refractivity contribution in [3.05, 3.63) is 60.6 Å². The average Bonchev–Trinajstić information content (AvgIpc) is 3.04. The van der Waals surface area contributed by atoms with Crippen molar-refractivity contribution in [2.24, 2.45) is 0 Å². The van der Waals surface area contributed by atoms with Crippen LogP contribution in [0.2, 0.25) is 0 Å². The maximum atomic E-state index is 12.3. The lowest BCUT2D eigenvalue weighted by Gasteiger charge is -2.10. The molecule has 5 heteroatoms. The number of carbonyl (C=O) groups is 1. The van der Waals surface area contributed by atoms with Gasteiger partial charge in [-0.3, -0.25) is 0 Å². The van der Waals surface area contributed by atoms with E-state index < -0.39 is 5.97 Å². The van der Waals surface area contributed by atoms with Crippen LogP contribution in [-0.4, -0.2) is 27.3 Å². The molecule has 0 bridgehead atoms. The maximum absolute atomic E-state index is 12.3. The second-order valence-electron chi connectivity index (χ2n) is 5.32. The van der Waals surface area contributed by atoms with E-state index in [9.17, 15) is 4.79 Å². The minimum Gasteiger partial charge on any atom is -0.503 e. The van der Waals surface area contributed by atoms with E-state index in [1.165, 1.54) is 20.5 Å². The van der Waals surface area contributed by atoms with E-state index in [4.69, 9.17) is 18.6 Å². The van der Waals surface area contributed by atoms with Gasteiger partial charge in [-0.15, -0.1) is 0 Å². The lowest BCUT2D eigenvalue weighted by molar-refractivity contribution is -0.133. The molecule has 1 aromatic carbocycles. The molecule has 1 heterocycles. The molecule has 1 aromatic rings. The van der Waals surface area contributed by atoms with Crippen molar-refractivity contribution in [2.75, 3.05) is 21.3 Å². The molecule has 0 atom stereocenters. The third-order valence-electron chi connectivity index (χ3n) is 3.91. The van der Waals surface area contributed by atoms with E-state index in [1.807, 2.05) is 42.5 Å². The Labute approximate surface area is 145 Å². The maximum Gasteiger partial charge on any atom is 0.341 e. The Bertz CT molecular complexity index is 873. The summed E-state index contributed by atoms with van der Waals surface area (Å²) in [6, 6.07) is 13.3. The third-order valence-corrected chi connectivity index (χ3v) is 3.91. The number of hydrogen-bond donors (Lipinski definition) is 0. The molecule has 0 aromatic heterocycles. The van der Waals surface area contributed by atoms with Gasteiger partial charge >= 0.3 is 5.97 Å². The summed E-state index contributed by atoms with van der Waals surface area (Å²) in [7, 11) is 4.44. The molecular formula is C20H18O5. The Kier molecular flexibility index (Phi) is 4.75. The Hall–Kier alpha value is -3.21. The number of rotatable bonds is 5. The van der Waals surface area contributed by atoms with Gasteiger partial charge in [0.15, 0.2) is 0 Å². The molecule has 0 unspecified atom stereocenters. The first-order valence-corrected chi connectivity index (χ1v) is 7.66. The molecule has 1 aliphatic heterocycles. The van der Waals surface area contributed by atoms with Crippen LogP contribution in [0.5, 0.6) is 5.75 Å². The van der Waals surface area contributed by atoms with Crippen LogP contribution < -0.4 is 4.74 Å². The van der Waals surface area contributed by atoms with Gasteiger partial charge in [0.1, 0.15) is 17.1 Å². The van der Waals surface area contributed by atoms with Gasteiger partial charge < -0.3 is 18.6 Å². The number of ether oxygens (including phenoxy) is 3. The Balaban J connectivity index is 2.25. The summed E-state index contributed by atoms with van der Waals surface area (Å²) in [4.78, 5) is 12.3. The second-order valence-corrected chi connectivity index (χ2v) is 5.32. The zero-order chi connectivity index (χ0) is 17.8. The van der Waals surface area contributed by atoms with Crippen LogP contribution in [0.25, 0.3) is 28.0 Å². The first kappa shape index (κ1) is 16.6. The van der Waals surface area contributed by atoms with E-state index in [0.29, 0.717) is 16.9 Å². The van der Waals surface area contributed by atoms with Gasteiger partial charge in [-0.2, -0.15) is 0 Å². The van der Waals surface area contributed by atoms with Crippen molar-refractivity contribution >= 4 is 11.5 Å². The fraction of sp³-hybridized carbons (Fsp3) is 0.150. The van der Waals surface area contributed by atoms with E-state index in [-0.39, 0.29) is 0 Å². The van der Waals surface area contributed by atoms with Crippen molar-refractivity contribution < 1.29 is 23.4 Å². The zero-order valence-corrected chi connectivity index (χ0v) is 14.2. The molecule has 0 saturated carbocycles. The highest BCUT2D eigenvalue weighted by molar-refractivity contribution is 6.20. The Morgan fingerprint density at radius 2 is 1.80 bits per heavy atom. The number of esters is 1. The standard InChI is InChI=1S/C20H18O5/c1-22-12-17(20(21)24-3)18-16(11-14-5-4-10-25-19(14)18)13-6-8-15(23-2)9-7-13/h4-12H,1-3H3. The van der Waals surface area contributed by atoms with Crippen LogP contribution in [0.3, 0.4) is 0 Å². The molecule has 2 aliphatic rings. The molecule has 128 valence electrons. The summed E-state index contributed by atoms with van der Waals surface area (Å²) in [6.45, 7) is 0. The zero-order valence-electron chi connectivity index (χ0n) is 14.2. The number of carbonyl (C=O) groups excluding carboxylic acids is 1. The minimum absolute atomic E-state index is 0.292. The van der Waals surface area contributed by atoms with Gasteiger partial charge in [-0.1, -0.05) is 12.1 Å². The summed E-state index contributed by atoms with van der Waals surface area (Å²) in [5.41, 5.74) is 3.58. The Morgan fingerprint density at radius 1 is 1.04 bits per heavy atom. The van der Waals surface area contributed by atoms with Crippen LogP contribution >= 0.6 is 0 Å². The number of hydrogen-bond acceptors (Lipinski definition) is 5. The number of fused-ring (bicyclic) bond motifs is 1. The topological polar surface area (TPSA) is 57.9 Å². The Morgan fingerprint density at radius 3 is 2.44 bits per heavy atom. The summed E-state index contributed by atoms with van der Waals surface area (Å²) < 4.78 is 20.9. The van der Waals surface area contributed by atoms with Gasteiger partial charge in [-0.05, 0) is 41.5 Å². The molecule has 0 N–H and O–H groups in total. The lowest BCUT2D eigenvalue weighted by atomic mass is 9.99. The first-order chi connectivity index (χ1) is 12.2. The SMILES string of the molecule is COC=C(C(=O)OC)c1c(-c2ccc(OC)cc2)cc2cccoc1-2. The van der Waals surface area contributed by atoms with Crippen molar-refractivity contribution in [1.29, 1.82) is 0 Å². The van der Waals surface area contributed by atoms with Crippen molar-refractivity contribution in [1.82, 2.24) is 0 Å². The highest BCUT2D eigenvalue weighted by atomic mass is 16.5. The molecule has 0 fully saturated rings. The van der Waals surface area contributed by atoms with Gasteiger partial charge in [0.25, 0.3) is 0 Å². The van der Waals surface area contributed by atoms with Gasteiger partial charge in [0, 0.05) is 11.1 Å². The molecular weight excluding hydrogens is 320 g/mol. The van der Waals surface area contributed by atoms with Crippen LogP contribution in [0.15, 0.2) is 59.4 Å². The summed E-state index contributed by atoms with van der Waals surface area (Å²) in [5, 5.41) is 0. The lowest BCUT2D eigenvalue weighted by Crippen LogP contribution is -2.05. The largest absolute Gasteiger partial charge is 0.503 e. The molecule has 25 heavy (non-hydrogen) atoms. The quantitative estimate of drug-likeness (QED) is 0.396. The van der Waals surface area contributed by atoms with E-state index >= 15 is 0 Å². The first-order valence-electron chi connectivity index (χ1n) is 7.66. The fourth-order valence-electron chi connectivity index (χ4n) is 2.76. The highest BCUT2D eigenvalue weighted by Gasteiger charge is 2.27. The van der Waals surface area contributed by atoms with Crippen LogP contribution in [0.4, 0.5) is 0 Å². The van der Waals surface area contributed by atoms with E-state index in [1.54, 1.807) is 13.4 Å². The van der Waals surface area contributed by atoms with Gasteiger partial charge in [0.2, 0.25) is 0 Å². The van der Waals surface area contributed by atoms with Crippen LogP contribution in [0, 0.1) is 0 Å². The normalized spacial score (nSPS) is 11.4. The third kappa shape index (κ3) is 3.08. The van der Waals surface area contributed by atoms with E-state index in [2.05, 4.69) is 0 Å². The summed E-state index contributed by atoms with van der Waals surface area (Å²) >= 11 is 0. The smallest absolute Gasteiger partial charge is 0.341 e. The van der Waals surface area contributed by atoms with E-state index in [0.717, 1.165) is 22.4 Å². The van der Waals surface area contributed by atoms with Crippen LogP contribution in [0.1, 0.15) is 5.56 Å². The molecule has 0 radical (unpaired) electrons. The fourth-order valence-corrected chi connectivity index (χ4v) is 2.76. The summed E-state index contributed by atoms with van der Waals surface area (Å²) in [6.07, 6.45) is 2.95. The molecule has 3 rings (SSSR count). The molecule has 1 aliphatic carbocycles. The monoisotopic (exact) mass is 338 g/mol. The number of methoxy groups -OCH3 is 3. The molecule has 0 spiro atoms. The predicted octanol–water partition coefficient (Wildman–Crippen LogP) is 4.22.